The van der Waals surface area contributed by atoms with E-state index in [1.165, 1.54) is 29.2 Å². The second-order valence-electron chi connectivity index (χ2n) is 9.72. The van der Waals surface area contributed by atoms with Crippen LogP contribution >= 0.6 is 23.2 Å². The molecule has 42 heavy (non-hydrogen) atoms. The molecule has 0 bridgehead atoms. The topological polar surface area (TPSA) is 86.8 Å². The van der Waals surface area contributed by atoms with Gasteiger partial charge in [0.2, 0.25) is 11.8 Å². The van der Waals surface area contributed by atoms with E-state index in [-0.39, 0.29) is 28.9 Å². The minimum Gasteiger partial charge on any atom is -0.352 e. The third-order valence-electron chi connectivity index (χ3n) is 6.24. The molecule has 226 valence electrons. The van der Waals surface area contributed by atoms with E-state index >= 15 is 0 Å². The number of benzene rings is 3. The van der Waals surface area contributed by atoms with Crippen LogP contribution in [0.1, 0.15) is 38.3 Å². The molecule has 3 aromatic rings. The van der Waals surface area contributed by atoms with Gasteiger partial charge in [0.25, 0.3) is 10.0 Å². The number of sulfonamides is 1. The molecule has 1 N–H and O–H groups in total. The lowest BCUT2D eigenvalue weighted by molar-refractivity contribution is -0.140. The van der Waals surface area contributed by atoms with Crippen molar-refractivity contribution in [3.63, 3.8) is 0 Å². The Hall–Kier alpha value is -3.28. The van der Waals surface area contributed by atoms with Gasteiger partial charge in [0.1, 0.15) is 12.6 Å². The van der Waals surface area contributed by atoms with Gasteiger partial charge in [0.05, 0.1) is 21.2 Å². The fourth-order valence-electron chi connectivity index (χ4n) is 4.20. The van der Waals surface area contributed by atoms with Gasteiger partial charge in [-0.3, -0.25) is 13.9 Å². The van der Waals surface area contributed by atoms with Crippen molar-refractivity contribution in [3.05, 3.63) is 94.0 Å². The SMILES string of the molecule is CC[C@H](C(=O)NC(C)C)N(Cc1ccc(Cl)cc1)C(=O)CN(c1cc(C(F)(F)F)ccc1Cl)S(=O)(=O)c1ccccc1. The zero-order valence-electron chi connectivity index (χ0n) is 23.0. The largest absolute Gasteiger partial charge is 0.416 e. The van der Waals surface area contributed by atoms with Crippen LogP contribution in [0.15, 0.2) is 77.7 Å². The zero-order valence-corrected chi connectivity index (χ0v) is 25.4. The fraction of sp³-hybridized carbons (Fsp3) is 0.310. The number of nitrogens with one attached hydrogen (secondary N) is 1. The Kier molecular flexibility index (Phi) is 10.9. The highest BCUT2D eigenvalue weighted by atomic mass is 35.5. The summed E-state index contributed by atoms with van der Waals surface area (Å²) in [4.78, 5) is 28.1. The lowest BCUT2D eigenvalue weighted by atomic mass is 10.1. The van der Waals surface area contributed by atoms with Crippen LogP contribution in [0.25, 0.3) is 0 Å². The molecule has 0 aliphatic heterocycles. The fourth-order valence-corrected chi connectivity index (χ4v) is 6.04. The van der Waals surface area contributed by atoms with Crippen molar-refractivity contribution >= 4 is 50.7 Å². The highest BCUT2D eigenvalue weighted by molar-refractivity contribution is 7.92. The lowest BCUT2D eigenvalue weighted by Gasteiger charge is -2.34. The first kappa shape index (κ1) is 33.2. The van der Waals surface area contributed by atoms with Gasteiger partial charge < -0.3 is 10.2 Å². The monoisotopic (exact) mass is 643 g/mol. The molecule has 3 rings (SSSR count). The number of anilines is 1. The summed E-state index contributed by atoms with van der Waals surface area (Å²) in [6, 6.07) is 14.4. The Bertz CT molecular complexity index is 1500. The first-order valence-electron chi connectivity index (χ1n) is 12.9. The summed E-state index contributed by atoms with van der Waals surface area (Å²) in [5, 5.41) is 2.90. The van der Waals surface area contributed by atoms with E-state index in [0.29, 0.717) is 21.0 Å². The van der Waals surface area contributed by atoms with Gasteiger partial charge in [0, 0.05) is 17.6 Å². The highest BCUT2D eigenvalue weighted by Crippen LogP contribution is 2.37. The van der Waals surface area contributed by atoms with Gasteiger partial charge in [0.15, 0.2) is 0 Å². The van der Waals surface area contributed by atoms with Crippen LogP contribution in [-0.4, -0.2) is 43.8 Å². The molecule has 0 heterocycles. The first-order valence-corrected chi connectivity index (χ1v) is 15.1. The molecule has 0 radical (unpaired) electrons. The molecule has 0 saturated carbocycles. The van der Waals surface area contributed by atoms with Crippen molar-refractivity contribution in [3.8, 4) is 0 Å². The maximum Gasteiger partial charge on any atom is 0.416 e. The van der Waals surface area contributed by atoms with Crippen molar-refractivity contribution in [2.45, 2.75) is 56.9 Å². The van der Waals surface area contributed by atoms with Crippen LogP contribution in [-0.2, 0) is 32.3 Å². The van der Waals surface area contributed by atoms with Crippen LogP contribution in [0.5, 0.6) is 0 Å². The molecular weight excluding hydrogens is 614 g/mol. The zero-order chi connectivity index (χ0) is 31.2. The van der Waals surface area contributed by atoms with E-state index in [1.54, 1.807) is 51.1 Å². The number of alkyl halides is 3. The Morgan fingerprint density at radius 3 is 2.12 bits per heavy atom. The molecule has 0 aliphatic carbocycles. The van der Waals surface area contributed by atoms with Crippen molar-refractivity contribution in [2.75, 3.05) is 10.8 Å². The normalized spacial score (nSPS) is 12.6. The van der Waals surface area contributed by atoms with E-state index in [9.17, 15) is 31.2 Å². The molecule has 1 atom stereocenters. The molecule has 0 spiro atoms. The van der Waals surface area contributed by atoms with Crippen molar-refractivity contribution in [1.82, 2.24) is 10.2 Å². The van der Waals surface area contributed by atoms with Crippen LogP contribution in [0.2, 0.25) is 10.0 Å². The molecule has 13 heteroatoms. The van der Waals surface area contributed by atoms with Crippen LogP contribution in [0.4, 0.5) is 18.9 Å². The van der Waals surface area contributed by atoms with Gasteiger partial charge in [-0.1, -0.05) is 60.5 Å². The van der Waals surface area contributed by atoms with Crippen molar-refractivity contribution in [1.29, 1.82) is 0 Å². The smallest absolute Gasteiger partial charge is 0.352 e. The summed E-state index contributed by atoms with van der Waals surface area (Å²) < 4.78 is 69.2. The third kappa shape index (κ3) is 8.17. The molecule has 3 aromatic carbocycles. The summed E-state index contributed by atoms with van der Waals surface area (Å²) in [7, 11) is -4.60. The minimum atomic E-state index is -4.81. The molecule has 0 aromatic heterocycles. The van der Waals surface area contributed by atoms with Gasteiger partial charge in [-0.2, -0.15) is 13.2 Å². The molecular formula is C29H30Cl2F3N3O4S. The average molecular weight is 645 g/mol. The highest BCUT2D eigenvalue weighted by Gasteiger charge is 2.37. The van der Waals surface area contributed by atoms with E-state index in [0.717, 1.165) is 12.1 Å². The maximum atomic E-state index is 14.0. The average Bonchev–Trinajstić information content (AvgIpc) is 2.92. The molecule has 0 fully saturated rings. The van der Waals surface area contributed by atoms with Gasteiger partial charge >= 0.3 is 6.18 Å². The minimum absolute atomic E-state index is 0.102. The Balaban J connectivity index is 2.15. The van der Waals surface area contributed by atoms with Gasteiger partial charge in [-0.25, -0.2) is 8.42 Å². The summed E-state index contributed by atoms with van der Waals surface area (Å²) in [5.74, 6) is -1.30. The van der Waals surface area contributed by atoms with E-state index in [1.807, 2.05) is 0 Å². The Labute approximate surface area is 253 Å². The predicted octanol–water partition coefficient (Wildman–Crippen LogP) is 6.54. The predicted molar refractivity (Wildman–Crippen MR) is 157 cm³/mol. The number of halogens is 5. The Morgan fingerprint density at radius 2 is 1.57 bits per heavy atom. The quantitative estimate of drug-likeness (QED) is 0.257. The molecule has 7 nitrogen and oxygen atoms in total. The second-order valence-corrected chi connectivity index (χ2v) is 12.4. The number of hydrogen-bond donors (Lipinski definition) is 1. The van der Waals surface area contributed by atoms with E-state index in [2.05, 4.69) is 5.32 Å². The third-order valence-corrected chi connectivity index (χ3v) is 8.58. The molecule has 0 aliphatic rings. The standard InChI is InChI=1S/C29H30Cl2F3N3O4S/c1-4-25(28(39)35-19(2)3)36(17-20-10-13-22(30)14-11-20)27(38)18-37(42(40,41)23-8-6-5-7-9-23)26-16-21(29(32,33)34)12-15-24(26)31/h5-16,19,25H,4,17-18H2,1-3H3,(H,35,39)/t25-/m1/s1. The number of carbonyl (C=O) groups excluding carboxylic acids is 2. The Morgan fingerprint density at radius 1 is 0.952 bits per heavy atom. The molecule has 0 unspecified atom stereocenters. The van der Waals surface area contributed by atoms with E-state index in [4.69, 9.17) is 23.2 Å². The lowest BCUT2D eigenvalue weighted by Crippen LogP contribution is -2.53. The number of hydrogen-bond acceptors (Lipinski definition) is 4. The second kappa shape index (κ2) is 13.8. The molecule has 2 amide bonds. The van der Waals surface area contributed by atoms with E-state index < -0.39 is 51.9 Å². The summed E-state index contributed by atoms with van der Waals surface area (Å²) in [6.07, 6.45) is -4.64. The van der Waals surface area contributed by atoms with Crippen molar-refractivity contribution in [2.24, 2.45) is 0 Å². The molecule has 0 saturated heterocycles. The number of rotatable bonds is 11. The van der Waals surface area contributed by atoms with Gasteiger partial charge in [-0.15, -0.1) is 0 Å². The van der Waals surface area contributed by atoms with Crippen LogP contribution < -0.4 is 9.62 Å². The van der Waals surface area contributed by atoms with Crippen LogP contribution in [0, 0.1) is 0 Å². The number of carbonyl (C=O) groups is 2. The number of nitrogens with zero attached hydrogens (tertiary/aromatic N) is 2. The number of amides is 2. The van der Waals surface area contributed by atoms with Gasteiger partial charge in [-0.05, 0) is 68.3 Å². The summed E-state index contributed by atoms with van der Waals surface area (Å²) in [6.45, 7) is 4.15. The summed E-state index contributed by atoms with van der Waals surface area (Å²) >= 11 is 12.3. The van der Waals surface area contributed by atoms with Crippen molar-refractivity contribution < 1.29 is 31.2 Å². The van der Waals surface area contributed by atoms with Crippen LogP contribution in [0.3, 0.4) is 0 Å². The summed E-state index contributed by atoms with van der Waals surface area (Å²) in [5.41, 5.74) is -1.09. The first-order chi connectivity index (χ1) is 19.6. The maximum absolute atomic E-state index is 14.0.